The molecule has 1 aromatic carbocycles. The summed E-state index contributed by atoms with van der Waals surface area (Å²) in [5.74, 6) is 0.155. The van der Waals surface area contributed by atoms with Crippen LogP contribution in [0, 0.1) is 6.92 Å². The Morgan fingerprint density at radius 2 is 2.05 bits per heavy atom. The van der Waals surface area contributed by atoms with Crippen LogP contribution in [0.4, 0.5) is 5.95 Å². The maximum atomic E-state index is 13.2. The lowest BCUT2D eigenvalue weighted by Gasteiger charge is -2.26. The van der Waals surface area contributed by atoms with Crippen molar-refractivity contribution < 1.29 is 14.3 Å². The van der Waals surface area contributed by atoms with E-state index in [1.54, 1.807) is 31.5 Å². The zero-order chi connectivity index (χ0) is 27.4. The number of methoxy groups -OCH3 is 1. The fourth-order valence-electron chi connectivity index (χ4n) is 5.50. The number of ether oxygens (including phenoxy) is 1. The van der Waals surface area contributed by atoms with E-state index in [2.05, 4.69) is 15.2 Å². The molecule has 10 heteroatoms. The predicted octanol–water partition coefficient (Wildman–Crippen LogP) is 4.48. The summed E-state index contributed by atoms with van der Waals surface area (Å²) in [5, 5.41) is 3.56. The van der Waals surface area contributed by atoms with Gasteiger partial charge in [0.25, 0.3) is 5.91 Å². The van der Waals surface area contributed by atoms with Crippen molar-refractivity contribution in [2.75, 3.05) is 45.2 Å². The molecule has 0 saturated carbocycles. The highest BCUT2D eigenvalue weighted by molar-refractivity contribution is 6.35. The number of nitrogens with zero attached hydrogens (tertiary/aromatic N) is 5. The van der Waals surface area contributed by atoms with E-state index < -0.39 is 0 Å². The topological polar surface area (TPSA) is 92.6 Å². The first kappa shape index (κ1) is 27.3. The summed E-state index contributed by atoms with van der Waals surface area (Å²) in [6, 6.07) is 8.89. The van der Waals surface area contributed by atoms with Crippen LogP contribution >= 0.6 is 11.6 Å². The Morgan fingerprint density at radius 3 is 2.85 bits per heavy atom. The lowest BCUT2D eigenvalue weighted by Crippen LogP contribution is -2.35. The molecular formula is C29H35ClN6O3. The first-order valence-corrected chi connectivity index (χ1v) is 13.9. The number of hydrogen-bond acceptors (Lipinski definition) is 6. The highest BCUT2D eigenvalue weighted by atomic mass is 35.5. The number of halogens is 1. The van der Waals surface area contributed by atoms with Crippen LogP contribution in [-0.4, -0.2) is 82.1 Å². The van der Waals surface area contributed by atoms with E-state index in [0.29, 0.717) is 35.1 Å². The normalized spacial score (nSPS) is 20.5. The number of rotatable bonds is 7. The van der Waals surface area contributed by atoms with Crippen LogP contribution in [0.5, 0.6) is 0 Å². The number of pyridine rings is 1. The molecule has 1 N–H and O–H groups in total. The summed E-state index contributed by atoms with van der Waals surface area (Å²) in [6.45, 7) is 5.64. The van der Waals surface area contributed by atoms with Gasteiger partial charge in [-0.25, -0.2) is 4.98 Å². The Kier molecular flexibility index (Phi) is 8.60. The number of carbonyl (C=O) groups excluding carboxylic acids is 2. The maximum Gasteiger partial charge on any atom is 0.258 e. The number of aryl methyl sites for hydroxylation is 1. The van der Waals surface area contributed by atoms with E-state index >= 15 is 0 Å². The summed E-state index contributed by atoms with van der Waals surface area (Å²) in [4.78, 5) is 39.5. The number of nitrogens with one attached hydrogen (secondary N) is 1. The molecule has 2 fully saturated rings. The number of aromatic nitrogens is 3. The summed E-state index contributed by atoms with van der Waals surface area (Å²) in [7, 11) is 1.75. The molecule has 2 aliphatic rings. The van der Waals surface area contributed by atoms with Gasteiger partial charge in [-0.05, 0) is 56.9 Å². The third kappa shape index (κ3) is 6.32. The Labute approximate surface area is 233 Å². The first-order chi connectivity index (χ1) is 18.9. The Bertz CT molecular complexity index is 1370. The van der Waals surface area contributed by atoms with Crippen molar-refractivity contribution in [1.82, 2.24) is 24.3 Å². The molecule has 2 unspecified atom stereocenters. The van der Waals surface area contributed by atoms with Crippen LogP contribution < -0.4 is 5.32 Å². The van der Waals surface area contributed by atoms with Gasteiger partial charge in [0.15, 0.2) is 0 Å². The Morgan fingerprint density at radius 1 is 1.18 bits per heavy atom. The van der Waals surface area contributed by atoms with Gasteiger partial charge in [0.05, 0.1) is 28.2 Å². The molecule has 2 atom stereocenters. The van der Waals surface area contributed by atoms with Gasteiger partial charge >= 0.3 is 0 Å². The number of benzene rings is 1. The average Bonchev–Trinajstić information content (AvgIpc) is 3.45. The molecule has 4 heterocycles. The molecule has 39 heavy (non-hydrogen) atoms. The number of amides is 2. The molecule has 2 saturated heterocycles. The van der Waals surface area contributed by atoms with Gasteiger partial charge < -0.3 is 14.2 Å². The second kappa shape index (κ2) is 12.3. The van der Waals surface area contributed by atoms with Crippen LogP contribution in [0.3, 0.4) is 0 Å². The minimum Gasteiger partial charge on any atom is -0.380 e. The third-order valence-electron chi connectivity index (χ3n) is 7.55. The van der Waals surface area contributed by atoms with Gasteiger partial charge in [-0.1, -0.05) is 23.7 Å². The summed E-state index contributed by atoms with van der Waals surface area (Å²) in [5.41, 5.74) is 2.72. The van der Waals surface area contributed by atoms with Crippen LogP contribution in [0.15, 0.2) is 48.7 Å². The molecule has 0 radical (unpaired) electrons. The Hall–Kier alpha value is -3.27. The quantitative estimate of drug-likeness (QED) is 0.436. The Balaban J connectivity index is 1.37. The van der Waals surface area contributed by atoms with Gasteiger partial charge in [0.1, 0.15) is 0 Å². The molecule has 2 amide bonds. The number of fused-ring (bicyclic) bond motifs is 1. The molecule has 3 aromatic rings. The average molecular weight is 551 g/mol. The molecule has 0 bridgehead atoms. The number of para-hydroxylation sites is 1. The molecule has 5 rings (SSSR count). The van der Waals surface area contributed by atoms with Crippen molar-refractivity contribution in [3.63, 3.8) is 0 Å². The highest BCUT2D eigenvalue weighted by Gasteiger charge is 2.28. The highest BCUT2D eigenvalue weighted by Crippen LogP contribution is 2.34. The molecule has 9 nitrogen and oxygen atoms in total. The number of likely N-dealkylation sites (tertiary alicyclic amines) is 2. The van der Waals surface area contributed by atoms with E-state index in [0.717, 1.165) is 56.5 Å². The number of hydrogen-bond donors (Lipinski definition) is 1. The van der Waals surface area contributed by atoms with Crippen molar-refractivity contribution in [2.45, 2.75) is 44.8 Å². The van der Waals surface area contributed by atoms with E-state index in [-0.39, 0.29) is 24.0 Å². The van der Waals surface area contributed by atoms with Crippen LogP contribution in [0.2, 0.25) is 5.02 Å². The first-order valence-electron chi connectivity index (χ1n) is 13.5. The van der Waals surface area contributed by atoms with E-state index in [4.69, 9.17) is 21.3 Å². The lowest BCUT2D eigenvalue weighted by atomic mass is 10.1. The minimum absolute atomic E-state index is 0.00208. The fourth-order valence-corrected chi connectivity index (χ4v) is 5.77. The molecule has 0 aliphatic carbocycles. The van der Waals surface area contributed by atoms with Crippen molar-refractivity contribution in [3.05, 3.63) is 65.0 Å². The van der Waals surface area contributed by atoms with Crippen molar-refractivity contribution in [1.29, 1.82) is 0 Å². The van der Waals surface area contributed by atoms with Crippen LogP contribution in [-0.2, 0) is 9.53 Å². The van der Waals surface area contributed by atoms with Gasteiger partial charge in [0, 0.05) is 63.4 Å². The number of imidazole rings is 1. The molecule has 0 spiro atoms. The number of anilines is 1. The van der Waals surface area contributed by atoms with Crippen molar-refractivity contribution >= 4 is 40.4 Å². The molecule has 206 valence electrons. The molecule has 2 aromatic heterocycles. The zero-order valence-electron chi connectivity index (χ0n) is 22.5. The van der Waals surface area contributed by atoms with E-state index in [1.165, 1.54) is 0 Å². The molecular weight excluding hydrogens is 516 g/mol. The summed E-state index contributed by atoms with van der Waals surface area (Å²) in [6.07, 6.45) is 9.26. The second-order valence-corrected chi connectivity index (χ2v) is 10.7. The van der Waals surface area contributed by atoms with E-state index in [1.807, 2.05) is 40.7 Å². The third-order valence-corrected chi connectivity index (χ3v) is 7.86. The second-order valence-electron chi connectivity index (χ2n) is 10.3. The lowest BCUT2D eigenvalue weighted by molar-refractivity contribution is -0.126. The summed E-state index contributed by atoms with van der Waals surface area (Å²) >= 11 is 6.67. The summed E-state index contributed by atoms with van der Waals surface area (Å²) < 4.78 is 7.45. The van der Waals surface area contributed by atoms with Gasteiger partial charge in [0.2, 0.25) is 11.9 Å². The van der Waals surface area contributed by atoms with Crippen LogP contribution in [0.25, 0.3) is 11.0 Å². The van der Waals surface area contributed by atoms with Crippen molar-refractivity contribution in [2.24, 2.45) is 0 Å². The van der Waals surface area contributed by atoms with Crippen molar-refractivity contribution in [3.8, 4) is 0 Å². The largest absolute Gasteiger partial charge is 0.380 e. The monoisotopic (exact) mass is 550 g/mol. The zero-order valence-corrected chi connectivity index (χ0v) is 23.2. The van der Waals surface area contributed by atoms with Crippen LogP contribution in [0.1, 0.15) is 47.8 Å². The molecule has 2 aliphatic heterocycles. The number of carbonyl (C=O) groups is 2. The predicted molar refractivity (Wildman–Crippen MR) is 152 cm³/mol. The minimum atomic E-state index is -0.268. The van der Waals surface area contributed by atoms with Gasteiger partial charge in [-0.15, -0.1) is 0 Å². The SMILES string of the molecule is COC1CCN(C/C=C/C(=O)N2CCCCC(n3c(NC(=O)c4ccnc(C)c4)nc4cccc(Cl)c43)C2)C1. The van der Waals surface area contributed by atoms with Gasteiger partial charge in [-0.2, -0.15) is 0 Å². The van der Waals surface area contributed by atoms with E-state index in [9.17, 15) is 9.59 Å². The fraction of sp³-hybridized carbons (Fsp3) is 0.448. The standard InChI is InChI=1S/C29H35ClN6O3/c1-20-17-21(11-13-31-20)28(38)33-29-32-25-9-5-8-24(30)27(25)36(29)22-7-3-4-15-35(18-22)26(37)10-6-14-34-16-12-23(19-34)39-2/h5-6,8-11,13,17,22-23H,3-4,7,12,14-16,18-19H2,1-2H3,(H,32,33,38)/b10-6+. The smallest absolute Gasteiger partial charge is 0.258 e. The maximum absolute atomic E-state index is 13.2. The van der Waals surface area contributed by atoms with Gasteiger partial charge in [-0.3, -0.25) is 24.8 Å².